The van der Waals surface area contributed by atoms with Gasteiger partial charge in [0.2, 0.25) is 8.73 Å². The molecule has 5 heavy (non-hydrogen) atoms. The Labute approximate surface area is 33.2 Å². The third-order valence-electron chi connectivity index (χ3n) is 0.333. The van der Waals surface area contributed by atoms with Crippen LogP contribution in [-0.2, 0) is 0 Å². The molecule has 2 nitrogen and oxygen atoms in total. The predicted octanol–water partition coefficient (Wildman–Crippen LogP) is -1.20. The molecule has 0 saturated heterocycles. The lowest BCUT2D eigenvalue weighted by Crippen LogP contribution is -2.28. The summed E-state index contributed by atoms with van der Waals surface area (Å²) in [5, 5.41) is 10.2. The molecule has 0 atom stereocenters. The van der Waals surface area contributed by atoms with Crippen LogP contribution in [0.2, 0.25) is 0 Å². The summed E-state index contributed by atoms with van der Waals surface area (Å²) in [6.45, 7) is 1.87. The van der Waals surface area contributed by atoms with E-state index in [1.54, 1.807) is 0 Å². The van der Waals surface area contributed by atoms with E-state index >= 15 is 0 Å². The average molecular weight is 88.2 g/mol. The van der Waals surface area contributed by atoms with Crippen molar-refractivity contribution in [2.24, 2.45) is 10.8 Å². The van der Waals surface area contributed by atoms with Crippen molar-refractivity contribution in [3.05, 3.63) is 0 Å². The number of nitrogens with two attached hydrogens (primary N) is 2. The minimum atomic E-state index is -0.999. The average Bonchev–Trinajstić information content (AvgIpc) is 1.38. The fourth-order valence-electron chi connectivity index (χ4n) is 0. The lowest BCUT2D eigenvalue weighted by atomic mass is 11.0. The zero-order valence-electron chi connectivity index (χ0n) is 3.23. The van der Waals surface area contributed by atoms with E-state index in [4.69, 9.17) is 10.8 Å². The van der Waals surface area contributed by atoms with Crippen LogP contribution in [0.15, 0.2) is 0 Å². The first-order chi connectivity index (χ1) is 2.27. The summed E-state index contributed by atoms with van der Waals surface area (Å²) in [4.78, 5) is 0. The van der Waals surface area contributed by atoms with Crippen molar-refractivity contribution in [3.63, 3.8) is 0 Å². The zero-order valence-corrected chi connectivity index (χ0v) is 4.23. The van der Waals surface area contributed by atoms with Gasteiger partial charge < -0.3 is 10.8 Å². The second-order valence-corrected chi connectivity index (χ2v) is 2.37. The number of hydrogen-bond donors (Lipinski definition) is 2. The van der Waals surface area contributed by atoms with E-state index in [0.29, 0.717) is 0 Å². The molecule has 4 N–H and O–H groups in total. The molecular weight excluding hydrogens is 80.1 g/mol. The molecule has 0 rings (SSSR count). The van der Waals surface area contributed by atoms with E-state index in [2.05, 4.69) is 0 Å². The van der Waals surface area contributed by atoms with Crippen LogP contribution < -0.4 is 10.8 Å². The van der Waals surface area contributed by atoms with E-state index in [-0.39, 0.29) is 0 Å². The van der Waals surface area contributed by atoms with Gasteiger partial charge in [0.15, 0.2) is 0 Å². The fourth-order valence-corrected chi connectivity index (χ4v) is 0. The normalized spacial score (nSPS) is 6.60. The van der Waals surface area contributed by atoms with E-state index < -0.39 is 8.73 Å². The molecule has 30 valence electrons. The molecule has 0 amide bonds. The van der Waals surface area contributed by atoms with Gasteiger partial charge in [-0.2, -0.15) is 0 Å². The van der Waals surface area contributed by atoms with Crippen molar-refractivity contribution >= 4 is 14.4 Å². The molecule has 0 aromatic rings. The van der Waals surface area contributed by atoms with Crippen molar-refractivity contribution in [1.82, 2.24) is 0 Å². The largest absolute Gasteiger partial charge is 0.418 e. The monoisotopic (exact) mass is 88.0 g/mol. The van der Waals surface area contributed by atoms with Crippen molar-refractivity contribution in [1.29, 1.82) is 0 Å². The Hall–Kier alpha value is -0.313. The summed E-state index contributed by atoms with van der Waals surface area (Å²) in [5.74, 6) is 0. The SMILES string of the molecule is CC=[Si](N)N. The van der Waals surface area contributed by atoms with Crippen LogP contribution in [0, 0.1) is 0 Å². The molecule has 0 aliphatic rings. The number of hydrogen-bond acceptors (Lipinski definition) is 2. The first kappa shape index (κ1) is 4.69. The van der Waals surface area contributed by atoms with Gasteiger partial charge in [-0.3, -0.25) is 0 Å². The first-order valence-electron chi connectivity index (χ1n) is 1.44. The third-order valence-corrected chi connectivity index (χ3v) is 1.00. The predicted molar refractivity (Wildman–Crippen MR) is 25.9 cm³/mol. The van der Waals surface area contributed by atoms with Gasteiger partial charge in [-0.15, -0.1) is 0 Å². The smallest absolute Gasteiger partial charge is 0.232 e. The van der Waals surface area contributed by atoms with Gasteiger partial charge in [0.25, 0.3) is 0 Å². The van der Waals surface area contributed by atoms with Gasteiger partial charge in [0.1, 0.15) is 0 Å². The molecule has 3 heteroatoms. The molecule has 0 aliphatic carbocycles. The molecule has 0 bridgehead atoms. The Morgan fingerprint density at radius 1 is 1.60 bits per heavy atom. The highest BCUT2D eigenvalue weighted by molar-refractivity contribution is 6.59. The van der Waals surface area contributed by atoms with Gasteiger partial charge in [0, 0.05) is 0 Å². The van der Waals surface area contributed by atoms with E-state index in [0.717, 1.165) is 0 Å². The molecule has 0 aliphatic heterocycles. The standard InChI is InChI=1S/C2H8N2Si/c1-2-5(3)4/h2H,3-4H2,1H3. The Kier molecular flexibility index (Phi) is 1.84. The lowest BCUT2D eigenvalue weighted by Gasteiger charge is -1.74. The third kappa shape index (κ3) is 3.69. The van der Waals surface area contributed by atoms with Crippen molar-refractivity contribution in [2.75, 3.05) is 0 Å². The minimum Gasteiger partial charge on any atom is -0.418 e. The lowest BCUT2D eigenvalue weighted by molar-refractivity contribution is 1.73. The van der Waals surface area contributed by atoms with E-state index in [9.17, 15) is 0 Å². The van der Waals surface area contributed by atoms with Crippen LogP contribution in [0.4, 0.5) is 0 Å². The van der Waals surface area contributed by atoms with Crippen molar-refractivity contribution in [2.45, 2.75) is 6.92 Å². The van der Waals surface area contributed by atoms with Gasteiger partial charge in [-0.25, -0.2) is 0 Å². The van der Waals surface area contributed by atoms with E-state index in [1.807, 2.05) is 12.6 Å². The molecule has 0 aromatic heterocycles. The first-order valence-corrected chi connectivity index (χ1v) is 3.18. The van der Waals surface area contributed by atoms with E-state index in [1.165, 1.54) is 0 Å². The highest BCUT2D eigenvalue weighted by atomic mass is 28.3. The molecule has 0 aromatic carbocycles. The van der Waals surface area contributed by atoms with Crippen LogP contribution in [0.3, 0.4) is 0 Å². The molecule has 0 radical (unpaired) electrons. The number of rotatable bonds is 0. The quantitative estimate of drug-likeness (QED) is 0.365. The summed E-state index contributed by atoms with van der Waals surface area (Å²) >= 11 is 0. The van der Waals surface area contributed by atoms with Crippen molar-refractivity contribution < 1.29 is 0 Å². The summed E-state index contributed by atoms with van der Waals surface area (Å²) in [7, 11) is -0.999. The maximum absolute atomic E-state index is 5.12. The Morgan fingerprint density at radius 2 is 1.80 bits per heavy atom. The molecule has 0 fully saturated rings. The summed E-state index contributed by atoms with van der Waals surface area (Å²) in [5.41, 5.74) is 1.82. The highest BCUT2D eigenvalue weighted by Gasteiger charge is 1.65. The van der Waals surface area contributed by atoms with Crippen LogP contribution in [0.5, 0.6) is 0 Å². The van der Waals surface area contributed by atoms with Gasteiger partial charge >= 0.3 is 0 Å². The van der Waals surface area contributed by atoms with Crippen LogP contribution >= 0.6 is 0 Å². The summed E-state index contributed by atoms with van der Waals surface area (Å²) in [6.07, 6.45) is 0. The maximum Gasteiger partial charge on any atom is 0.232 e. The van der Waals surface area contributed by atoms with Gasteiger partial charge in [-0.1, -0.05) is 5.67 Å². The summed E-state index contributed by atoms with van der Waals surface area (Å²) < 4.78 is 0. The fraction of sp³-hybridized carbons (Fsp3) is 0.500. The Bertz CT molecular complexity index is 45.6. The topological polar surface area (TPSA) is 52.0 Å². The molecule has 0 spiro atoms. The van der Waals surface area contributed by atoms with Gasteiger partial charge in [0.05, 0.1) is 0 Å². The summed E-state index contributed by atoms with van der Waals surface area (Å²) in [6, 6.07) is 0. The van der Waals surface area contributed by atoms with Crippen molar-refractivity contribution in [3.8, 4) is 0 Å². The Balaban J connectivity index is 3.14. The second-order valence-electron chi connectivity index (χ2n) is 0.789. The Morgan fingerprint density at radius 3 is 1.80 bits per heavy atom. The second kappa shape index (κ2) is 1.96. The van der Waals surface area contributed by atoms with Crippen LogP contribution in [-0.4, -0.2) is 14.4 Å². The maximum atomic E-state index is 5.12. The molecule has 0 heterocycles. The minimum absolute atomic E-state index is 0.999. The zero-order chi connectivity index (χ0) is 4.28. The van der Waals surface area contributed by atoms with Crippen LogP contribution in [0.25, 0.3) is 0 Å². The van der Waals surface area contributed by atoms with Crippen LogP contribution in [0.1, 0.15) is 6.92 Å². The molecule has 0 unspecified atom stereocenters. The van der Waals surface area contributed by atoms with Gasteiger partial charge in [-0.05, 0) is 6.92 Å². The highest BCUT2D eigenvalue weighted by Crippen LogP contribution is 1.27. The molecular formula is C2H8N2Si. The molecule has 0 saturated carbocycles.